The molecule has 0 aliphatic heterocycles. The standard InChI is InChI=1S/C22H21ClN4O3/c1-26(14-21(28)25-19-13-17(23)6-9-20(19)30-2)22(29)10-5-16-3-7-18(8-4-16)27-12-11-24-15-27/h3-13,15H,14H2,1-2H3,(H,25,28). The minimum Gasteiger partial charge on any atom is -0.495 e. The molecule has 7 nitrogen and oxygen atoms in total. The van der Waals surface area contributed by atoms with Crippen LogP contribution >= 0.6 is 11.6 Å². The van der Waals surface area contributed by atoms with Gasteiger partial charge in [-0.3, -0.25) is 9.59 Å². The summed E-state index contributed by atoms with van der Waals surface area (Å²) in [6.07, 6.45) is 8.41. The second-order valence-electron chi connectivity index (χ2n) is 6.48. The van der Waals surface area contributed by atoms with Gasteiger partial charge in [-0.2, -0.15) is 0 Å². The molecule has 1 aromatic heterocycles. The molecule has 2 aromatic carbocycles. The number of methoxy groups -OCH3 is 1. The molecular formula is C22H21ClN4O3. The predicted octanol–water partition coefficient (Wildman–Crippen LogP) is 3.64. The Kier molecular flexibility index (Phi) is 6.87. The van der Waals surface area contributed by atoms with E-state index in [1.54, 1.807) is 43.8 Å². The lowest BCUT2D eigenvalue weighted by Crippen LogP contribution is -2.33. The maximum Gasteiger partial charge on any atom is 0.246 e. The van der Waals surface area contributed by atoms with Crippen LogP contribution in [0, 0.1) is 0 Å². The summed E-state index contributed by atoms with van der Waals surface area (Å²) in [6, 6.07) is 12.6. The number of halogens is 1. The summed E-state index contributed by atoms with van der Waals surface area (Å²) in [5.41, 5.74) is 2.29. The van der Waals surface area contributed by atoms with Crippen molar-refractivity contribution in [3.63, 3.8) is 0 Å². The Morgan fingerprint density at radius 2 is 2.00 bits per heavy atom. The molecule has 0 unspecified atom stereocenters. The molecule has 0 aliphatic rings. The zero-order valence-corrected chi connectivity index (χ0v) is 17.3. The van der Waals surface area contributed by atoms with Crippen LogP contribution in [0.5, 0.6) is 5.75 Å². The minimum absolute atomic E-state index is 0.113. The third-order valence-electron chi connectivity index (χ3n) is 4.31. The number of carbonyl (C=O) groups is 2. The fraction of sp³-hybridized carbons (Fsp3) is 0.136. The summed E-state index contributed by atoms with van der Waals surface area (Å²) in [4.78, 5) is 30.0. The number of ether oxygens (including phenoxy) is 1. The van der Waals surface area contributed by atoms with Crippen LogP contribution in [0.4, 0.5) is 5.69 Å². The average Bonchev–Trinajstić information content (AvgIpc) is 3.27. The molecule has 0 spiro atoms. The molecule has 0 bridgehead atoms. The van der Waals surface area contributed by atoms with Crippen LogP contribution in [0.1, 0.15) is 5.56 Å². The van der Waals surface area contributed by atoms with Crippen LogP contribution in [0.3, 0.4) is 0 Å². The summed E-state index contributed by atoms with van der Waals surface area (Å²) >= 11 is 5.97. The molecule has 2 amide bonds. The highest BCUT2D eigenvalue weighted by Gasteiger charge is 2.13. The van der Waals surface area contributed by atoms with E-state index >= 15 is 0 Å². The second kappa shape index (κ2) is 9.76. The molecule has 3 rings (SSSR count). The summed E-state index contributed by atoms with van der Waals surface area (Å²) in [7, 11) is 3.06. The molecule has 1 heterocycles. The molecule has 154 valence electrons. The van der Waals surface area contributed by atoms with Crippen molar-refractivity contribution in [3.05, 3.63) is 77.8 Å². The number of amides is 2. The Morgan fingerprint density at radius 3 is 2.67 bits per heavy atom. The van der Waals surface area contributed by atoms with E-state index in [1.807, 2.05) is 35.0 Å². The van der Waals surface area contributed by atoms with Gasteiger partial charge in [0.05, 0.1) is 25.7 Å². The van der Waals surface area contributed by atoms with Gasteiger partial charge in [0.2, 0.25) is 11.8 Å². The molecule has 30 heavy (non-hydrogen) atoms. The quantitative estimate of drug-likeness (QED) is 0.587. The number of imidazole rings is 1. The van der Waals surface area contributed by atoms with Gasteiger partial charge in [-0.1, -0.05) is 23.7 Å². The molecule has 1 N–H and O–H groups in total. The van der Waals surface area contributed by atoms with Crippen molar-refractivity contribution in [2.24, 2.45) is 0 Å². The molecule has 0 aliphatic carbocycles. The highest BCUT2D eigenvalue weighted by molar-refractivity contribution is 6.31. The highest BCUT2D eigenvalue weighted by Crippen LogP contribution is 2.27. The fourth-order valence-electron chi connectivity index (χ4n) is 2.73. The Balaban J connectivity index is 1.56. The summed E-state index contributed by atoms with van der Waals surface area (Å²) in [5.74, 6) is -0.160. The molecule has 0 radical (unpaired) electrons. The van der Waals surface area contributed by atoms with Gasteiger partial charge in [0, 0.05) is 36.2 Å². The summed E-state index contributed by atoms with van der Waals surface area (Å²) in [5, 5.41) is 3.18. The van der Waals surface area contributed by atoms with E-state index in [0.29, 0.717) is 16.5 Å². The molecule has 0 saturated heterocycles. The first-order valence-electron chi connectivity index (χ1n) is 9.11. The van der Waals surface area contributed by atoms with E-state index in [4.69, 9.17) is 16.3 Å². The van der Waals surface area contributed by atoms with Crippen LogP contribution in [-0.2, 0) is 9.59 Å². The monoisotopic (exact) mass is 424 g/mol. The Morgan fingerprint density at radius 1 is 1.23 bits per heavy atom. The number of hydrogen-bond donors (Lipinski definition) is 1. The third kappa shape index (κ3) is 5.48. The lowest BCUT2D eigenvalue weighted by Gasteiger charge is -2.16. The van der Waals surface area contributed by atoms with Crippen molar-refractivity contribution in [1.29, 1.82) is 0 Å². The van der Waals surface area contributed by atoms with Gasteiger partial charge in [-0.05, 0) is 42.0 Å². The average molecular weight is 425 g/mol. The molecule has 8 heteroatoms. The molecule has 0 fully saturated rings. The summed E-state index contributed by atoms with van der Waals surface area (Å²) < 4.78 is 7.09. The van der Waals surface area contributed by atoms with Gasteiger partial charge < -0.3 is 19.5 Å². The van der Waals surface area contributed by atoms with Crippen molar-refractivity contribution < 1.29 is 14.3 Å². The van der Waals surface area contributed by atoms with Crippen LogP contribution in [0.2, 0.25) is 5.02 Å². The topological polar surface area (TPSA) is 76.5 Å². The number of likely N-dealkylation sites (N-methyl/N-ethyl adjacent to an activating group) is 1. The maximum atomic E-state index is 12.3. The van der Waals surface area contributed by atoms with Gasteiger partial charge in [-0.15, -0.1) is 0 Å². The predicted molar refractivity (Wildman–Crippen MR) is 117 cm³/mol. The van der Waals surface area contributed by atoms with Crippen LogP contribution in [0.15, 0.2) is 67.3 Å². The maximum absolute atomic E-state index is 12.3. The zero-order chi connectivity index (χ0) is 21.5. The van der Waals surface area contributed by atoms with Crippen molar-refractivity contribution in [2.75, 3.05) is 26.0 Å². The Bertz CT molecular complexity index is 1050. The first-order valence-corrected chi connectivity index (χ1v) is 9.49. The molecule has 0 atom stereocenters. The molecule has 0 saturated carbocycles. The van der Waals surface area contributed by atoms with Crippen LogP contribution in [-0.4, -0.2) is 47.0 Å². The van der Waals surface area contributed by atoms with Gasteiger partial charge in [0.25, 0.3) is 0 Å². The SMILES string of the molecule is COc1ccc(Cl)cc1NC(=O)CN(C)C(=O)C=Cc1ccc(-n2ccnc2)cc1. The van der Waals surface area contributed by atoms with E-state index < -0.39 is 0 Å². The van der Waals surface area contributed by atoms with E-state index in [2.05, 4.69) is 10.3 Å². The smallest absolute Gasteiger partial charge is 0.246 e. The normalized spacial score (nSPS) is 10.8. The van der Waals surface area contributed by atoms with Gasteiger partial charge >= 0.3 is 0 Å². The summed E-state index contributed by atoms with van der Waals surface area (Å²) in [6.45, 7) is -0.113. The molecular weight excluding hydrogens is 404 g/mol. The number of anilines is 1. The van der Waals surface area contributed by atoms with Crippen molar-refractivity contribution >= 4 is 35.2 Å². The highest BCUT2D eigenvalue weighted by atomic mass is 35.5. The number of hydrogen-bond acceptors (Lipinski definition) is 4. The third-order valence-corrected chi connectivity index (χ3v) is 4.54. The number of nitrogens with one attached hydrogen (secondary N) is 1. The number of aromatic nitrogens is 2. The first-order chi connectivity index (χ1) is 14.5. The minimum atomic E-state index is -0.357. The van der Waals surface area contributed by atoms with E-state index in [0.717, 1.165) is 11.3 Å². The van der Waals surface area contributed by atoms with Gasteiger partial charge in [-0.25, -0.2) is 4.98 Å². The van der Waals surface area contributed by atoms with E-state index in [-0.39, 0.29) is 18.4 Å². The largest absolute Gasteiger partial charge is 0.495 e. The van der Waals surface area contributed by atoms with Crippen LogP contribution < -0.4 is 10.1 Å². The van der Waals surface area contributed by atoms with Crippen molar-refractivity contribution in [1.82, 2.24) is 14.5 Å². The number of carbonyl (C=O) groups excluding carboxylic acids is 2. The molecule has 3 aromatic rings. The van der Waals surface area contributed by atoms with Gasteiger partial charge in [0.1, 0.15) is 5.75 Å². The van der Waals surface area contributed by atoms with Crippen molar-refractivity contribution in [3.8, 4) is 11.4 Å². The Hall–Kier alpha value is -3.58. The Labute approximate surface area is 179 Å². The lowest BCUT2D eigenvalue weighted by atomic mass is 10.2. The number of benzene rings is 2. The van der Waals surface area contributed by atoms with E-state index in [1.165, 1.54) is 18.1 Å². The van der Waals surface area contributed by atoms with Gasteiger partial charge in [0.15, 0.2) is 0 Å². The number of rotatable bonds is 7. The zero-order valence-electron chi connectivity index (χ0n) is 16.6. The lowest BCUT2D eigenvalue weighted by molar-refractivity contribution is -0.129. The fourth-order valence-corrected chi connectivity index (χ4v) is 2.90. The first kappa shape index (κ1) is 21.1. The van der Waals surface area contributed by atoms with E-state index in [9.17, 15) is 9.59 Å². The van der Waals surface area contributed by atoms with Crippen molar-refractivity contribution in [2.45, 2.75) is 0 Å². The second-order valence-corrected chi connectivity index (χ2v) is 6.92. The number of nitrogens with zero attached hydrogens (tertiary/aromatic N) is 3. The van der Waals surface area contributed by atoms with Crippen LogP contribution in [0.25, 0.3) is 11.8 Å².